The molecule has 3 amide bonds. The minimum absolute atomic E-state index is 0.0242. The van der Waals surface area contributed by atoms with E-state index in [4.69, 9.17) is 23.2 Å². The van der Waals surface area contributed by atoms with Gasteiger partial charge in [-0.2, -0.15) is 0 Å². The highest BCUT2D eigenvalue weighted by molar-refractivity contribution is 6.34. The van der Waals surface area contributed by atoms with Gasteiger partial charge in [0, 0.05) is 60.6 Å². The predicted octanol–water partition coefficient (Wildman–Crippen LogP) is 6.90. The van der Waals surface area contributed by atoms with E-state index in [1.165, 1.54) is 0 Å². The molecule has 3 aromatic rings. The summed E-state index contributed by atoms with van der Waals surface area (Å²) < 4.78 is 0. The van der Waals surface area contributed by atoms with Gasteiger partial charge in [-0.05, 0) is 105 Å². The Bertz CT molecular complexity index is 1500. The first-order valence-electron chi connectivity index (χ1n) is 15.0. The highest BCUT2D eigenvalue weighted by Gasteiger charge is 2.32. The molecule has 43 heavy (non-hydrogen) atoms. The zero-order valence-electron chi connectivity index (χ0n) is 24.7. The minimum Gasteiger partial charge on any atom is -0.354 e. The second-order valence-electron chi connectivity index (χ2n) is 11.6. The molecule has 2 aliphatic rings. The number of hydrogen-bond donors (Lipinski definition) is 2. The molecule has 0 saturated carbocycles. The van der Waals surface area contributed by atoms with Crippen LogP contribution in [-0.4, -0.2) is 54.3 Å². The maximum atomic E-state index is 14.4. The van der Waals surface area contributed by atoms with Crippen molar-refractivity contribution in [2.75, 3.05) is 29.9 Å². The molecule has 0 aliphatic carbocycles. The fourth-order valence-electron chi connectivity index (χ4n) is 6.27. The van der Waals surface area contributed by atoms with Gasteiger partial charge in [0.05, 0.1) is 10.6 Å². The standard InChI is InChI=1S/C34H38Cl2N4O3/c1-22-20-27(38-33(42)30-8-3-4-9-31(30)36)11-12-29(22)34(43)40-28(7-5-6-24-21-25(35)10-13-32(24)40)16-19-39-17-14-26(15-18-39)37-23(2)41/h3-4,8-13,20-21,26,28H,5-7,14-19H2,1-2H3,(H,37,41)(H,38,42). The summed E-state index contributed by atoms with van der Waals surface area (Å²) in [5, 5.41) is 7.00. The normalized spacial score (nSPS) is 17.6. The van der Waals surface area contributed by atoms with Crippen LogP contribution in [0.1, 0.15) is 70.9 Å². The van der Waals surface area contributed by atoms with Gasteiger partial charge in [0.2, 0.25) is 5.91 Å². The van der Waals surface area contributed by atoms with E-state index in [2.05, 4.69) is 15.5 Å². The van der Waals surface area contributed by atoms with E-state index in [9.17, 15) is 14.4 Å². The highest BCUT2D eigenvalue weighted by atomic mass is 35.5. The number of amides is 3. The molecule has 5 rings (SSSR count). The monoisotopic (exact) mass is 620 g/mol. The van der Waals surface area contributed by atoms with Crippen molar-refractivity contribution in [1.29, 1.82) is 0 Å². The van der Waals surface area contributed by atoms with Gasteiger partial charge in [-0.3, -0.25) is 14.4 Å². The molecular formula is C34H38Cl2N4O3. The Morgan fingerprint density at radius 3 is 2.42 bits per heavy atom. The van der Waals surface area contributed by atoms with Crippen LogP contribution in [0.4, 0.5) is 11.4 Å². The average Bonchev–Trinajstić information content (AvgIpc) is 3.15. The van der Waals surface area contributed by atoms with E-state index in [0.29, 0.717) is 26.9 Å². The van der Waals surface area contributed by atoms with E-state index < -0.39 is 0 Å². The molecular weight excluding hydrogens is 583 g/mol. The lowest BCUT2D eigenvalue weighted by Crippen LogP contribution is -2.46. The van der Waals surface area contributed by atoms with Gasteiger partial charge in [0.15, 0.2) is 0 Å². The number of aryl methyl sites for hydroxylation is 2. The van der Waals surface area contributed by atoms with Crippen LogP contribution in [0.5, 0.6) is 0 Å². The van der Waals surface area contributed by atoms with E-state index >= 15 is 0 Å². The quantitative estimate of drug-likeness (QED) is 0.301. The van der Waals surface area contributed by atoms with Crippen molar-refractivity contribution in [2.24, 2.45) is 0 Å². The van der Waals surface area contributed by atoms with Crippen molar-refractivity contribution < 1.29 is 14.4 Å². The lowest BCUT2D eigenvalue weighted by molar-refractivity contribution is -0.119. The third-order valence-corrected chi connectivity index (χ3v) is 9.04. The maximum Gasteiger partial charge on any atom is 0.258 e. The molecule has 0 radical (unpaired) electrons. The largest absolute Gasteiger partial charge is 0.354 e. The smallest absolute Gasteiger partial charge is 0.258 e. The number of benzene rings is 3. The molecule has 7 nitrogen and oxygen atoms in total. The number of halogens is 2. The van der Waals surface area contributed by atoms with Crippen LogP contribution < -0.4 is 15.5 Å². The van der Waals surface area contributed by atoms with Crippen molar-refractivity contribution in [3.63, 3.8) is 0 Å². The first-order valence-corrected chi connectivity index (χ1v) is 15.7. The summed E-state index contributed by atoms with van der Waals surface area (Å²) >= 11 is 12.6. The third kappa shape index (κ3) is 7.58. The molecule has 226 valence electrons. The molecule has 1 fully saturated rings. The van der Waals surface area contributed by atoms with Crippen LogP contribution in [0.15, 0.2) is 60.7 Å². The summed E-state index contributed by atoms with van der Waals surface area (Å²) in [5.41, 5.74) is 4.36. The van der Waals surface area contributed by atoms with Crippen molar-refractivity contribution in [3.8, 4) is 0 Å². The molecule has 2 heterocycles. The fourth-order valence-corrected chi connectivity index (χ4v) is 6.68. The topological polar surface area (TPSA) is 81.8 Å². The number of anilines is 2. The fraction of sp³-hybridized carbons (Fsp3) is 0.382. The van der Waals surface area contributed by atoms with Crippen molar-refractivity contribution in [2.45, 2.75) is 64.5 Å². The lowest BCUT2D eigenvalue weighted by Gasteiger charge is -2.36. The third-order valence-electron chi connectivity index (χ3n) is 8.48. The summed E-state index contributed by atoms with van der Waals surface area (Å²) in [6, 6.07) is 18.4. The molecule has 2 aliphatic heterocycles. The molecule has 3 aromatic carbocycles. The molecule has 9 heteroatoms. The number of hydrogen-bond acceptors (Lipinski definition) is 4. The Morgan fingerprint density at radius 2 is 1.70 bits per heavy atom. The summed E-state index contributed by atoms with van der Waals surface area (Å²) in [7, 11) is 0. The molecule has 1 unspecified atom stereocenters. The van der Waals surface area contributed by atoms with Crippen LogP contribution in [0, 0.1) is 6.92 Å². The SMILES string of the molecule is CC(=O)NC1CCN(CCC2CCCc3cc(Cl)ccc3N2C(=O)c2ccc(NC(=O)c3ccccc3Cl)cc2C)CC1. The number of piperidine rings is 1. The molecule has 1 saturated heterocycles. The van der Waals surface area contributed by atoms with Crippen LogP contribution in [0.2, 0.25) is 10.0 Å². The summed E-state index contributed by atoms with van der Waals surface area (Å²) in [4.78, 5) is 43.1. The number of carbonyl (C=O) groups is 3. The van der Waals surface area contributed by atoms with Crippen molar-refractivity contribution in [3.05, 3.63) is 93.0 Å². The van der Waals surface area contributed by atoms with E-state index in [1.54, 1.807) is 43.3 Å². The highest BCUT2D eigenvalue weighted by Crippen LogP contribution is 2.35. The van der Waals surface area contributed by atoms with E-state index in [1.807, 2.05) is 36.1 Å². The van der Waals surface area contributed by atoms with Crippen LogP contribution in [0.25, 0.3) is 0 Å². The number of rotatable bonds is 7. The zero-order valence-corrected chi connectivity index (χ0v) is 26.2. The minimum atomic E-state index is -0.302. The molecule has 0 bridgehead atoms. The first-order chi connectivity index (χ1) is 20.7. The van der Waals surface area contributed by atoms with Gasteiger partial charge < -0.3 is 20.4 Å². The Balaban J connectivity index is 1.35. The van der Waals surface area contributed by atoms with Crippen LogP contribution >= 0.6 is 23.2 Å². The second-order valence-corrected chi connectivity index (χ2v) is 12.4. The number of likely N-dealkylation sites (tertiary alicyclic amines) is 1. The Morgan fingerprint density at radius 1 is 0.930 bits per heavy atom. The number of fused-ring (bicyclic) bond motifs is 1. The summed E-state index contributed by atoms with van der Waals surface area (Å²) in [6.07, 6.45) is 5.46. The zero-order chi connectivity index (χ0) is 30.5. The summed E-state index contributed by atoms with van der Waals surface area (Å²) in [6.45, 7) is 6.21. The van der Waals surface area contributed by atoms with E-state index in [0.717, 1.165) is 75.0 Å². The lowest BCUT2D eigenvalue weighted by atomic mass is 10.0. The van der Waals surface area contributed by atoms with Gasteiger partial charge in [-0.1, -0.05) is 35.3 Å². The van der Waals surface area contributed by atoms with E-state index in [-0.39, 0.29) is 29.8 Å². The van der Waals surface area contributed by atoms with Crippen molar-refractivity contribution in [1.82, 2.24) is 10.2 Å². The second kappa shape index (κ2) is 13.9. The Labute approximate surface area is 263 Å². The maximum absolute atomic E-state index is 14.4. The average molecular weight is 622 g/mol. The predicted molar refractivity (Wildman–Crippen MR) is 173 cm³/mol. The van der Waals surface area contributed by atoms with Crippen molar-refractivity contribution >= 4 is 52.3 Å². The molecule has 2 N–H and O–H groups in total. The number of nitrogens with one attached hydrogen (secondary N) is 2. The van der Waals surface area contributed by atoms with Gasteiger partial charge >= 0.3 is 0 Å². The van der Waals surface area contributed by atoms with Gasteiger partial charge in [-0.15, -0.1) is 0 Å². The summed E-state index contributed by atoms with van der Waals surface area (Å²) in [5.74, 6) is -0.332. The Kier molecular flexibility index (Phi) is 10.1. The van der Waals surface area contributed by atoms with Gasteiger partial charge in [-0.25, -0.2) is 0 Å². The molecule has 0 spiro atoms. The number of carbonyl (C=O) groups excluding carboxylic acids is 3. The number of nitrogens with zero attached hydrogens (tertiary/aromatic N) is 2. The van der Waals surface area contributed by atoms with Crippen LogP contribution in [-0.2, 0) is 11.2 Å². The van der Waals surface area contributed by atoms with Gasteiger partial charge in [0.1, 0.15) is 0 Å². The first kappa shape index (κ1) is 31.0. The van der Waals surface area contributed by atoms with Crippen LogP contribution in [0.3, 0.4) is 0 Å². The molecule has 1 atom stereocenters. The molecule has 0 aromatic heterocycles. The van der Waals surface area contributed by atoms with Gasteiger partial charge in [0.25, 0.3) is 11.8 Å². The Hall–Kier alpha value is -3.39.